The van der Waals surface area contributed by atoms with Crippen LogP contribution in [0.3, 0.4) is 0 Å². The van der Waals surface area contributed by atoms with Crippen molar-refractivity contribution in [3.63, 3.8) is 0 Å². The van der Waals surface area contributed by atoms with E-state index < -0.39 is 10.0 Å². The molecule has 0 atom stereocenters. The number of para-hydroxylation sites is 1. The van der Waals surface area contributed by atoms with Gasteiger partial charge in [-0.15, -0.1) is 0 Å². The molecule has 1 aliphatic carbocycles. The van der Waals surface area contributed by atoms with Gasteiger partial charge in [-0.1, -0.05) is 25.1 Å². The van der Waals surface area contributed by atoms with Crippen molar-refractivity contribution >= 4 is 16.0 Å². The number of sulfonamides is 1. The van der Waals surface area contributed by atoms with Gasteiger partial charge in [0.1, 0.15) is 5.75 Å². The van der Waals surface area contributed by atoms with Gasteiger partial charge in [0.2, 0.25) is 10.0 Å². The highest BCUT2D eigenvalue weighted by Crippen LogP contribution is 2.30. The fourth-order valence-electron chi connectivity index (χ4n) is 3.61. The van der Waals surface area contributed by atoms with E-state index in [-0.39, 0.29) is 11.8 Å². The standard InChI is InChI=1S/C22H36N4O3S/c1-3-15-30(27,28)26-13-11-20(12-14-26)25-22(23-4-2)24-16-19-7-5-6-8-21(19)29-17-18-9-10-18/h5-8,18,20H,3-4,9-17H2,1-2H3,(H2,23,24,25). The van der Waals surface area contributed by atoms with Gasteiger partial charge in [0.05, 0.1) is 18.9 Å². The summed E-state index contributed by atoms with van der Waals surface area (Å²) < 4.78 is 32.2. The van der Waals surface area contributed by atoms with Crippen LogP contribution in [-0.4, -0.2) is 56.7 Å². The van der Waals surface area contributed by atoms with Crippen LogP contribution >= 0.6 is 0 Å². The second kappa shape index (κ2) is 11.0. The Bertz CT molecular complexity index is 800. The van der Waals surface area contributed by atoms with Crippen molar-refractivity contribution in [2.45, 2.75) is 58.5 Å². The molecule has 1 heterocycles. The molecule has 0 bridgehead atoms. The molecule has 0 aromatic heterocycles. The summed E-state index contributed by atoms with van der Waals surface area (Å²) in [5.74, 6) is 2.63. The third-order valence-electron chi connectivity index (χ3n) is 5.55. The van der Waals surface area contributed by atoms with Crippen LogP contribution in [0.15, 0.2) is 29.3 Å². The highest BCUT2D eigenvalue weighted by atomic mass is 32.2. The fourth-order valence-corrected chi connectivity index (χ4v) is 5.15. The number of hydrogen-bond acceptors (Lipinski definition) is 4. The molecule has 0 radical (unpaired) electrons. The van der Waals surface area contributed by atoms with Crippen LogP contribution in [0.5, 0.6) is 5.75 Å². The molecule has 0 spiro atoms. The monoisotopic (exact) mass is 436 g/mol. The molecule has 2 N–H and O–H groups in total. The van der Waals surface area contributed by atoms with E-state index in [9.17, 15) is 8.42 Å². The first-order valence-corrected chi connectivity index (χ1v) is 12.9. The third kappa shape index (κ3) is 6.87. The van der Waals surface area contributed by atoms with Crippen LogP contribution in [0, 0.1) is 5.92 Å². The van der Waals surface area contributed by atoms with Crippen LogP contribution in [0.2, 0.25) is 0 Å². The summed E-state index contributed by atoms with van der Waals surface area (Å²) in [4.78, 5) is 4.76. The minimum absolute atomic E-state index is 0.220. The van der Waals surface area contributed by atoms with Gasteiger partial charge in [0.15, 0.2) is 5.96 Å². The van der Waals surface area contributed by atoms with Crippen molar-refractivity contribution < 1.29 is 13.2 Å². The molecule has 7 nitrogen and oxygen atoms in total. The summed E-state index contributed by atoms with van der Waals surface area (Å²) in [6.45, 7) is 7.19. The van der Waals surface area contributed by atoms with Gasteiger partial charge in [0.25, 0.3) is 0 Å². The minimum Gasteiger partial charge on any atom is -0.493 e. The summed E-state index contributed by atoms with van der Waals surface area (Å²) in [5, 5.41) is 6.80. The van der Waals surface area contributed by atoms with Crippen molar-refractivity contribution in [1.29, 1.82) is 0 Å². The number of hydrogen-bond donors (Lipinski definition) is 2. The molecule has 1 aliphatic heterocycles. The first-order valence-electron chi connectivity index (χ1n) is 11.2. The normalized spacial score (nSPS) is 18.9. The zero-order valence-corrected chi connectivity index (χ0v) is 19.1. The Morgan fingerprint density at radius 3 is 2.57 bits per heavy atom. The lowest BCUT2D eigenvalue weighted by Gasteiger charge is -2.32. The van der Waals surface area contributed by atoms with Crippen LogP contribution in [0.1, 0.15) is 51.5 Å². The Morgan fingerprint density at radius 1 is 1.17 bits per heavy atom. The van der Waals surface area contributed by atoms with Crippen molar-refractivity contribution in [2.75, 3.05) is 32.0 Å². The topological polar surface area (TPSA) is 83.0 Å². The molecule has 1 saturated carbocycles. The summed E-state index contributed by atoms with van der Waals surface area (Å²) >= 11 is 0. The number of guanidine groups is 1. The molecule has 0 unspecified atom stereocenters. The van der Waals surface area contributed by atoms with E-state index in [1.807, 2.05) is 32.0 Å². The minimum atomic E-state index is -3.11. The van der Waals surface area contributed by atoms with Crippen molar-refractivity contribution in [3.05, 3.63) is 29.8 Å². The lowest BCUT2D eigenvalue weighted by Crippen LogP contribution is -2.50. The fraction of sp³-hybridized carbons (Fsp3) is 0.682. The van der Waals surface area contributed by atoms with Crippen LogP contribution < -0.4 is 15.4 Å². The summed E-state index contributed by atoms with van der Waals surface area (Å²) in [6, 6.07) is 8.31. The summed E-state index contributed by atoms with van der Waals surface area (Å²) in [6.07, 6.45) is 4.77. The molecule has 1 aromatic carbocycles. The van der Waals surface area contributed by atoms with Gasteiger partial charge in [-0.25, -0.2) is 17.7 Å². The van der Waals surface area contributed by atoms with Crippen molar-refractivity contribution in [3.8, 4) is 5.75 Å². The maximum Gasteiger partial charge on any atom is 0.214 e. The van der Waals surface area contributed by atoms with Gasteiger partial charge in [-0.05, 0) is 51.0 Å². The third-order valence-corrected chi connectivity index (χ3v) is 7.62. The van der Waals surface area contributed by atoms with E-state index >= 15 is 0 Å². The van der Waals surface area contributed by atoms with E-state index in [1.54, 1.807) is 4.31 Å². The number of nitrogens with zero attached hydrogens (tertiary/aromatic N) is 2. The zero-order chi connectivity index (χ0) is 21.4. The molecule has 3 rings (SSSR count). The van der Waals surface area contributed by atoms with E-state index in [2.05, 4.69) is 16.7 Å². The predicted molar refractivity (Wildman–Crippen MR) is 121 cm³/mol. The van der Waals surface area contributed by atoms with E-state index in [1.165, 1.54) is 12.8 Å². The number of ether oxygens (including phenoxy) is 1. The van der Waals surface area contributed by atoms with Crippen LogP contribution in [0.25, 0.3) is 0 Å². The quantitative estimate of drug-likeness (QED) is 0.435. The van der Waals surface area contributed by atoms with Gasteiger partial charge < -0.3 is 15.4 Å². The van der Waals surface area contributed by atoms with E-state index in [4.69, 9.17) is 9.73 Å². The molecule has 30 heavy (non-hydrogen) atoms. The smallest absolute Gasteiger partial charge is 0.214 e. The summed E-state index contributed by atoms with van der Waals surface area (Å²) in [7, 11) is -3.11. The lowest BCUT2D eigenvalue weighted by molar-refractivity contribution is 0.297. The molecular weight excluding hydrogens is 400 g/mol. The Labute approximate surface area is 181 Å². The average molecular weight is 437 g/mol. The second-order valence-corrected chi connectivity index (χ2v) is 10.3. The molecule has 8 heteroatoms. The molecule has 0 amide bonds. The molecule has 1 aromatic rings. The Morgan fingerprint density at radius 2 is 1.90 bits per heavy atom. The maximum atomic E-state index is 12.3. The number of nitrogens with one attached hydrogen (secondary N) is 2. The van der Waals surface area contributed by atoms with Crippen LogP contribution in [0.4, 0.5) is 0 Å². The first-order chi connectivity index (χ1) is 14.5. The molecule has 2 aliphatic rings. The number of benzene rings is 1. The Balaban J connectivity index is 1.55. The van der Waals surface area contributed by atoms with Crippen molar-refractivity contribution in [2.24, 2.45) is 10.9 Å². The predicted octanol–water partition coefficient (Wildman–Crippen LogP) is 2.73. The lowest BCUT2D eigenvalue weighted by atomic mass is 10.1. The number of rotatable bonds is 10. The highest BCUT2D eigenvalue weighted by molar-refractivity contribution is 7.89. The average Bonchev–Trinajstić information content (AvgIpc) is 3.56. The number of piperidine rings is 1. The largest absolute Gasteiger partial charge is 0.493 e. The zero-order valence-electron chi connectivity index (χ0n) is 18.3. The first kappa shape index (κ1) is 22.9. The van der Waals surface area contributed by atoms with Gasteiger partial charge in [-0.2, -0.15) is 0 Å². The second-order valence-electron chi connectivity index (χ2n) is 8.19. The molecule has 168 valence electrons. The SMILES string of the molecule is CCCS(=O)(=O)N1CCC(NC(=NCc2ccccc2OCC2CC2)NCC)CC1. The maximum absolute atomic E-state index is 12.3. The molecular formula is C22H36N4O3S. The van der Waals surface area contributed by atoms with Gasteiger partial charge in [-0.3, -0.25) is 0 Å². The molecule has 2 fully saturated rings. The molecule has 1 saturated heterocycles. The van der Waals surface area contributed by atoms with E-state index in [0.29, 0.717) is 32.0 Å². The van der Waals surface area contributed by atoms with Crippen molar-refractivity contribution in [1.82, 2.24) is 14.9 Å². The van der Waals surface area contributed by atoms with Crippen LogP contribution in [-0.2, 0) is 16.6 Å². The Hall–Kier alpha value is -1.80. The Kier molecular flexibility index (Phi) is 8.39. The highest BCUT2D eigenvalue weighted by Gasteiger charge is 2.27. The van der Waals surface area contributed by atoms with E-state index in [0.717, 1.165) is 43.3 Å². The summed E-state index contributed by atoms with van der Waals surface area (Å²) in [5.41, 5.74) is 1.08. The van der Waals surface area contributed by atoms with Gasteiger partial charge in [0, 0.05) is 31.2 Å². The van der Waals surface area contributed by atoms with Gasteiger partial charge >= 0.3 is 0 Å². The number of aliphatic imine (C=N–C) groups is 1.